The lowest BCUT2D eigenvalue weighted by Gasteiger charge is -2.09. The minimum atomic E-state index is 0.559. The number of alkyl halides is 1. The van der Waals surface area contributed by atoms with Gasteiger partial charge in [-0.25, -0.2) is 0 Å². The third-order valence-electron chi connectivity index (χ3n) is 2.69. The van der Waals surface area contributed by atoms with Crippen LogP contribution in [0.4, 0.5) is 0 Å². The van der Waals surface area contributed by atoms with E-state index in [0.717, 1.165) is 0 Å². The lowest BCUT2D eigenvalue weighted by atomic mass is 9.97. The zero-order valence-corrected chi connectivity index (χ0v) is 10.4. The molecule has 0 unspecified atom stereocenters. The number of hydrogen-bond donors (Lipinski definition) is 0. The first-order valence-corrected chi connectivity index (χ1v) is 5.96. The van der Waals surface area contributed by atoms with Gasteiger partial charge in [-0.05, 0) is 30.5 Å². The summed E-state index contributed by atoms with van der Waals surface area (Å²) in [4.78, 5) is 0. The summed E-state index contributed by atoms with van der Waals surface area (Å²) >= 11 is 5.96. The first-order chi connectivity index (χ1) is 7.70. The molecule has 0 aliphatic carbocycles. The van der Waals surface area contributed by atoms with Crippen LogP contribution in [0, 0.1) is 13.8 Å². The molecular formula is C15H15Cl. The van der Waals surface area contributed by atoms with Crippen LogP contribution < -0.4 is 0 Å². The Morgan fingerprint density at radius 2 is 1.56 bits per heavy atom. The molecule has 16 heavy (non-hydrogen) atoms. The number of rotatable bonds is 2. The Hall–Kier alpha value is -1.27. The molecule has 0 N–H and O–H groups in total. The van der Waals surface area contributed by atoms with Gasteiger partial charge in [-0.3, -0.25) is 0 Å². The minimum absolute atomic E-state index is 0.559. The van der Waals surface area contributed by atoms with Crippen LogP contribution in [-0.4, -0.2) is 0 Å². The van der Waals surface area contributed by atoms with Crippen LogP contribution in [0.1, 0.15) is 16.7 Å². The summed E-state index contributed by atoms with van der Waals surface area (Å²) in [6, 6.07) is 14.9. The molecule has 1 heteroatoms. The van der Waals surface area contributed by atoms with Gasteiger partial charge in [-0.2, -0.15) is 0 Å². The monoisotopic (exact) mass is 230 g/mol. The maximum atomic E-state index is 5.96. The normalized spacial score (nSPS) is 10.4. The van der Waals surface area contributed by atoms with Crippen LogP contribution in [0.2, 0.25) is 0 Å². The van der Waals surface area contributed by atoms with Gasteiger partial charge >= 0.3 is 0 Å². The maximum absolute atomic E-state index is 5.96. The molecule has 0 bridgehead atoms. The van der Waals surface area contributed by atoms with Crippen LogP contribution in [-0.2, 0) is 5.88 Å². The van der Waals surface area contributed by atoms with E-state index in [9.17, 15) is 0 Å². The van der Waals surface area contributed by atoms with Crippen LogP contribution in [0.3, 0.4) is 0 Å². The van der Waals surface area contributed by atoms with E-state index in [2.05, 4.69) is 50.2 Å². The highest BCUT2D eigenvalue weighted by molar-refractivity contribution is 6.17. The summed E-state index contributed by atoms with van der Waals surface area (Å²) in [6.45, 7) is 4.25. The largest absolute Gasteiger partial charge is 0.122 e. The molecule has 0 amide bonds. The Morgan fingerprint density at radius 3 is 2.19 bits per heavy atom. The van der Waals surface area contributed by atoms with Crippen molar-refractivity contribution in [2.75, 3.05) is 0 Å². The maximum Gasteiger partial charge on any atom is 0.0480 e. The average molecular weight is 231 g/mol. The van der Waals surface area contributed by atoms with Crippen LogP contribution in [0.15, 0.2) is 42.5 Å². The summed E-state index contributed by atoms with van der Waals surface area (Å²) in [5.74, 6) is 0.559. The quantitative estimate of drug-likeness (QED) is 0.656. The first-order valence-electron chi connectivity index (χ1n) is 5.43. The van der Waals surface area contributed by atoms with E-state index in [1.54, 1.807) is 0 Å². The molecule has 2 aromatic rings. The number of aryl methyl sites for hydroxylation is 2. The molecule has 0 nitrogen and oxygen atoms in total. The van der Waals surface area contributed by atoms with Crippen molar-refractivity contribution in [3.8, 4) is 11.1 Å². The van der Waals surface area contributed by atoms with Crippen molar-refractivity contribution in [3.05, 3.63) is 59.2 Å². The molecule has 2 rings (SSSR count). The van der Waals surface area contributed by atoms with E-state index in [1.807, 2.05) is 6.07 Å². The smallest absolute Gasteiger partial charge is 0.0480 e. The topological polar surface area (TPSA) is 0 Å². The zero-order chi connectivity index (χ0) is 11.5. The van der Waals surface area contributed by atoms with Gasteiger partial charge in [0, 0.05) is 5.88 Å². The Kier molecular flexibility index (Phi) is 3.31. The molecule has 0 saturated carbocycles. The van der Waals surface area contributed by atoms with E-state index >= 15 is 0 Å². The van der Waals surface area contributed by atoms with Crippen LogP contribution in [0.5, 0.6) is 0 Å². The van der Waals surface area contributed by atoms with Crippen LogP contribution in [0.25, 0.3) is 11.1 Å². The minimum Gasteiger partial charge on any atom is -0.122 e. The fourth-order valence-electron chi connectivity index (χ4n) is 2.05. The van der Waals surface area contributed by atoms with Crippen molar-refractivity contribution < 1.29 is 0 Å². The summed E-state index contributed by atoms with van der Waals surface area (Å²) in [5, 5.41) is 0. The fraction of sp³-hybridized carbons (Fsp3) is 0.200. The predicted molar refractivity (Wildman–Crippen MR) is 70.9 cm³/mol. The highest BCUT2D eigenvalue weighted by atomic mass is 35.5. The Labute approximate surface area is 102 Å². The van der Waals surface area contributed by atoms with E-state index in [4.69, 9.17) is 11.6 Å². The molecule has 82 valence electrons. The van der Waals surface area contributed by atoms with Crippen molar-refractivity contribution in [1.29, 1.82) is 0 Å². The third-order valence-corrected chi connectivity index (χ3v) is 2.98. The number of benzene rings is 2. The second-order valence-corrected chi connectivity index (χ2v) is 4.43. The van der Waals surface area contributed by atoms with E-state index < -0.39 is 0 Å². The third kappa shape index (κ3) is 2.28. The summed E-state index contributed by atoms with van der Waals surface area (Å²) in [6.07, 6.45) is 0. The molecule has 2 aromatic carbocycles. The first kappa shape index (κ1) is 11.2. The van der Waals surface area contributed by atoms with Gasteiger partial charge in [0.25, 0.3) is 0 Å². The van der Waals surface area contributed by atoms with Crippen molar-refractivity contribution in [1.82, 2.24) is 0 Å². The molecule has 0 atom stereocenters. The van der Waals surface area contributed by atoms with Gasteiger partial charge in [-0.15, -0.1) is 11.6 Å². The molecule has 0 aromatic heterocycles. The van der Waals surface area contributed by atoms with E-state index in [1.165, 1.54) is 27.8 Å². The van der Waals surface area contributed by atoms with Crippen molar-refractivity contribution in [3.63, 3.8) is 0 Å². The standard InChI is InChI=1S/C15H15Cl/c1-11-7-12(2)9-14(8-11)15-6-4-3-5-13(15)10-16/h3-9H,10H2,1-2H3. The van der Waals surface area contributed by atoms with Gasteiger partial charge in [0.05, 0.1) is 0 Å². The molecule has 0 spiro atoms. The molecule has 0 fully saturated rings. The van der Waals surface area contributed by atoms with Gasteiger partial charge in [0.2, 0.25) is 0 Å². The fourth-order valence-corrected chi connectivity index (χ4v) is 2.28. The SMILES string of the molecule is Cc1cc(C)cc(-c2ccccc2CCl)c1. The van der Waals surface area contributed by atoms with Crippen molar-refractivity contribution in [2.24, 2.45) is 0 Å². The van der Waals surface area contributed by atoms with Gasteiger partial charge < -0.3 is 0 Å². The average Bonchev–Trinajstić information content (AvgIpc) is 2.27. The lowest BCUT2D eigenvalue weighted by molar-refractivity contribution is 1.35. The predicted octanol–water partition coefficient (Wildman–Crippen LogP) is 4.71. The second kappa shape index (κ2) is 4.71. The number of halogens is 1. The Bertz CT molecular complexity index is 480. The lowest BCUT2D eigenvalue weighted by Crippen LogP contribution is -1.87. The summed E-state index contributed by atoms with van der Waals surface area (Å²) in [7, 11) is 0. The van der Waals surface area contributed by atoms with Crippen molar-refractivity contribution >= 4 is 11.6 Å². The summed E-state index contributed by atoms with van der Waals surface area (Å²) < 4.78 is 0. The van der Waals surface area contributed by atoms with Gasteiger partial charge in [-0.1, -0.05) is 53.6 Å². The Morgan fingerprint density at radius 1 is 0.938 bits per heavy atom. The molecule has 0 aliphatic heterocycles. The van der Waals surface area contributed by atoms with E-state index in [0.29, 0.717) is 5.88 Å². The molecule has 0 saturated heterocycles. The van der Waals surface area contributed by atoms with Crippen LogP contribution >= 0.6 is 11.6 Å². The molecule has 0 heterocycles. The molecule has 0 aliphatic rings. The molecular weight excluding hydrogens is 216 g/mol. The van der Waals surface area contributed by atoms with Gasteiger partial charge in [0.1, 0.15) is 0 Å². The Balaban J connectivity index is 2.58. The summed E-state index contributed by atoms with van der Waals surface area (Å²) in [5.41, 5.74) is 6.27. The highest BCUT2D eigenvalue weighted by Crippen LogP contribution is 2.26. The number of hydrogen-bond acceptors (Lipinski definition) is 0. The van der Waals surface area contributed by atoms with Gasteiger partial charge in [0.15, 0.2) is 0 Å². The highest BCUT2D eigenvalue weighted by Gasteiger charge is 2.04. The van der Waals surface area contributed by atoms with Crippen molar-refractivity contribution in [2.45, 2.75) is 19.7 Å². The second-order valence-electron chi connectivity index (χ2n) is 4.17. The molecule has 0 radical (unpaired) electrons. The van der Waals surface area contributed by atoms with E-state index in [-0.39, 0.29) is 0 Å². The zero-order valence-electron chi connectivity index (χ0n) is 9.63.